The molecule has 8 nitrogen and oxygen atoms in total. The highest BCUT2D eigenvalue weighted by molar-refractivity contribution is 6.58. The second-order valence-electron chi connectivity index (χ2n) is 11.1. The van der Waals surface area contributed by atoms with Gasteiger partial charge in [-0.1, -0.05) is 109 Å². The Morgan fingerprint density at radius 2 is 1.05 bits per heavy atom. The number of carbonyl (C=O) groups excluding carboxylic acids is 4. The number of rotatable bonds is 15. The minimum absolute atomic E-state index is 0.0846. The lowest BCUT2D eigenvalue weighted by Gasteiger charge is -2.22. The first-order chi connectivity index (χ1) is 21.4. The molecule has 0 N–H and O–H groups in total. The Bertz CT molecular complexity index is 1650. The number of hydrogen-bond donors (Lipinski definition) is 0. The first-order valence-corrected chi connectivity index (χ1v) is 15.9. The van der Waals surface area contributed by atoms with E-state index < -0.39 is 23.9 Å². The molecule has 2 aliphatic carbocycles. The number of fused-ring (bicyclic) bond motifs is 3. The molecule has 0 saturated heterocycles. The van der Waals surface area contributed by atoms with Crippen LogP contribution in [0.3, 0.4) is 0 Å². The maximum atomic E-state index is 14.1. The van der Waals surface area contributed by atoms with Crippen molar-refractivity contribution in [2.24, 2.45) is 0 Å². The molecule has 0 unspecified atom stereocenters. The predicted octanol–water partition coefficient (Wildman–Crippen LogP) is 4.88. The third kappa shape index (κ3) is 7.65. The van der Waals surface area contributed by atoms with E-state index in [4.69, 9.17) is 18.9 Å². The maximum Gasteiger partial charge on any atom is 0.513 e. The number of ether oxygens (including phenoxy) is 4. The molecular formula is C36H42O8. The van der Waals surface area contributed by atoms with Crippen molar-refractivity contribution < 1.29 is 38.1 Å². The van der Waals surface area contributed by atoms with E-state index in [1.807, 2.05) is 13.0 Å². The molecule has 0 fully saturated rings. The van der Waals surface area contributed by atoms with E-state index in [1.54, 1.807) is 36.4 Å². The fraction of sp³-hybridized carbons (Fsp3) is 0.444. The van der Waals surface area contributed by atoms with Crippen LogP contribution in [0.25, 0.3) is 22.7 Å². The van der Waals surface area contributed by atoms with E-state index in [9.17, 15) is 19.2 Å². The fourth-order valence-corrected chi connectivity index (χ4v) is 5.48. The molecular weight excluding hydrogens is 560 g/mol. The van der Waals surface area contributed by atoms with Gasteiger partial charge < -0.3 is 18.9 Å². The first-order valence-electron chi connectivity index (χ1n) is 15.9. The third-order valence-electron chi connectivity index (χ3n) is 7.87. The molecule has 0 radical (unpaired) electrons. The minimum atomic E-state index is -0.973. The van der Waals surface area contributed by atoms with E-state index in [-0.39, 0.29) is 41.1 Å². The van der Waals surface area contributed by atoms with Gasteiger partial charge in [0.05, 0.1) is 13.2 Å². The number of carbonyl (C=O) groups is 4. The summed E-state index contributed by atoms with van der Waals surface area (Å²) in [7, 11) is 0. The van der Waals surface area contributed by atoms with Gasteiger partial charge in [0.15, 0.2) is 11.5 Å². The van der Waals surface area contributed by atoms with Crippen molar-refractivity contribution >= 4 is 46.5 Å². The zero-order valence-corrected chi connectivity index (χ0v) is 26.0. The summed E-state index contributed by atoms with van der Waals surface area (Å²) >= 11 is 0. The topological polar surface area (TPSA) is 105 Å². The van der Waals surface area contributed by atoms with E-state index in [2.05, 4.69) is 13.8 Å². The largest absolute Gasteiger partial charge is 0.513 e. The summed E-state index contributed by atoms with van der Waals surface area (Å²) < 4.78 is 21.7. The van der Waals surface area contributed by atoms with Crippen LogP contribution >= 0.6 is 0 Å². The van der Waals surface area contributed by atoms with Gasteiger partial charge in [0, 0.05) is 21.6 Å². The van der Waals surface area contributed by atoms with Gasteiger partial charge in [-0.3, -0.25) is 9.59 Å². The summed E-state index contributed by atoms with van der Waals surface area (Å²) in [6, 6.07) is 12.0. The Labute approximate surface area is 258 Å². The molecule has 0 aromatic heterocycles. The van der Waals surface area contributed by atoms with Gasteiger partial charge in [0.25, 0.3) is 0 Å². The summed E-state index contributed by atoms with van der Waals surface area (Å²) in [6.45, 7) is 6.59. The molecule has 2 aromatic rings. The highest BCUT2D eigenvalue weighted by atomic mass is 16.7. The predicted molar refractivity (Wildman–Crippen MR) is 167 cm³/mol. The average molecular weight is 603 g/mol. The van der Waals surface area contributed by atoms with Crippen LogP contribution in [0.1, 0.15) is 90.5 Å². The van der Waals surface area contributed by atoms with Crippen LogP contribution in [0, 0.1) is 0 Å². The molecule has 2 aromatic carbocycles. The molecule has 0 atom stereocenters. The highest BCUT2D eigenvalue weighted by Crippen LogP contribution is 2.26. The van der Waals surface area contributed by atoms with Gasteiger partial charge >= 0.3 is 12.3 Å². The van der Waals surface area contributed by atoms with Gasteiger partial charge in [-0.15, -0.1) is 0 Å². The Hall–Kier alpha value is -4.20. The second-order valence-corrected chi connectivity index (χ2v) is 11.1. The Morgan fingerprint density at radius 3 is 1.57 bits per heavy atom. The summed E-state index contributed by atoms with van der Waals surface area (Å²) in [4.78, 5) is 53.5. The van der Waals surface area contributed by atoms with Crippen LogP contribution in [0.5, 0.6) is 0 Å². The SMILES string of the molecule is CCCCCCCOC(=O)OC1=c2ccccc2=C2C(=O)C(OC(=O)OCCCCCCC)=c3cc(CC)ccc3=C2C1=O. The van der Waals surface area contributed by atoms with E-state index >= 15 is 0 Å². The van der Waals surface area contributed by atoms with Gasteiger partial charge in [0.1, 0.15) is 0 Å². The number of ketones is 2. The van der Waals surface area contributed by atoms with E-state index in [0.29, 0.717) is 34.9 Å². The maximum absolute atomic E-state index is 14.1. The number of Topliss-reactive ketones (excluding diaryl/α,β-unsaturated/α-hetero) is 2. The van der Waals surface area contributed by atoms with Crippen LogP contribution in [0.2, 0.25) is 0 Å². The molecule has 44 heavy (non-hydrogen) atoms. The standard InChI is InChI=1S/C36H42O8/c1-4-7-9-11-15-21-41-35(39)43-33-27-18-14-13-17-25(27)29-30(31(33)37)26-20-19-24(6-3)23-28(26)34(32(29)38)44-36(40)42-22-16-12-10-8-5-2/h13-14,17-20,23H,4-12,15-16,21-22H2,1-3H3. The lowest BCUT2D eigenvalue weighted by molar-refractivity contribution is -0.112. The summed E-state index contributed by atoms with van der Waals surface area (Å²) in [5, 5.41) is 1.40. The number of aryl methyl sites for hydroxylation is 1. The number of hydrogen-bond acceptors (Lipinski definition) is 8. The Kier molecular flexibility index (Phi) is 11.9. The average Bonchev–Trinajstić information content (AvgIpc) is 3.03. The molecule has 4 rings (SSSR count). The number of benzene rings is 2. The highest BCUT2D eigenvalue weighted by Gasteiger charge is 2.37. The van der Waals surface area contributed by atoms with Crippen molar-refractivity contribution in [1.29, 1.82) is 0 Å². The summed E-state index contributed by atoms with van der Waals surface area (Å²) in [6.07, 6.45) is 8.56. The van der Waals surface area contributed by atoms with Crippen LogP contribution in [0.4, 0.5) is 9.59 Å². The van der Waals surface area contributed by atoms with Crippen molar-refractivity contribution in [3.8, 4) is 0 Å². The van der Waals surface area contributed by atoms with Crippen LogP contribution in [-0.4, -0.2) is 37.1 Å². The lowest BCUT2D eigenvalue weighted by Crippen LogP contribution is -2.48. The molecule has 0 aliphatic heterocycles. The molecule has 234 valence electrons. The van der Waals surface area contributed by atoms with Crippen molar-refractivity contribution in [1.82, 2.24) is 0 Å². The second kappa shape index (κ2) is 16.0. The molecule has 0 saturated carbocycles. The Morgan fingerprint density at radius 1 is 0.568 bits per heavy atom. The normalized spacial score (nSPS) is 13.7. The van der Waals surface area contributed by atoms with Gasteiger partial charge in [0.2, 0.25) is 11.6 Å². The summed E-state index contributed by atoms with van der Waals surface area (Å²) in [5.74, 6) is -1.64. The van der Waals surface area contributed by atoms with Gasteiger partial charge in [-0.2, -0.15) is 0 Å². The van der Waals surface area contributed by atoms with Crippen LogP contribution in [-0.2, 0) is 35.0 Å². The quantitative estimate of drug-likeness (QED) is 0.210. The fourth-order valence-electron chi connectivity index (χ4n) is 5.48. The van der Waals surface area contributed by atoms with Crippen molar-refractivity contribution in [2.75, 3.05) is 13.2 Å². The molecule has 8 heteroatoms. The van der Waals surface area contributed by atoms with E-state index in [1.165, 1.54) is 0 Å². The molecule has 0 bridgehead atoms. The van der Waals surface area contributed by atoms with Crippen LogP contribution < -0.4 is 20.9 Å². The molecule has 0 spiro atoms. The summed E-state index contributed by atoms with van der Waals surface area (Å²) in [5.41, 5.74) is 1.06. The van der Waals surface area contributed by atoms with Crippen molar-refractivity contribution in [3.63, 3.8) is 0 Å². The van der Waals surface area contributed by atoms with Crippen molar-refractivity contribution in [3.05, 3.63) is 68.9 Å². The van der Waals surface area contributed by atoms with Crippen molar-refractivity contribution in [2.45, 2.75) is 91.4 Å². The molecule has 2 aliphatic rings. The van der Waals surface area contributed by atoms with Gasteiger partial charge in [-0.05, 0) is 41.3 Å². The zero-order valence-electron chi connectivity index (χ0n) is 26.0. The number of unbranched alkanes of at least 4 members (excludes halogenated alkanes) is 8. The molecule has 0 amide bonds. The minimum Gasteiger partial charge on any atom is -0.434 e. The zero-order chi connectivity index (χ0) is 31.5. The third-order valence-corrected chi connectivity index (χ3v) is 7.87. The van der Waals surface area contributed by atoms with Crippen LogP contribution in [0.15, 0.2) is 42.5 Å². The molecule has 0 heterocycles. The first kappa shape index (κ1) is 32.7. The van der Waals surface area contributed by atoms with E-state index in [0.717, 1.165) is 56.9 Å². The smallest absolute Gasteiger partial charge is 0.434 e. The van der Waals surface area contributed by atoms with Gasteiger partial charge in [-0.25, -0.2) is 9.59 Å². The Balaban J connectivity index is 1.70. The lowest BCUT2D eigenvalue weighted by atomic mass is 9.83. The monoisotopic (exact) mass is 602 g/mol.